The van der Waals surface area contributed by atoms with Crippen LogP contribution in [0.5, 0.6) is 0 Å². The highest BCUT2D eigenvalue weighted by Crippen LogP contribution is 2.19. The van der Waals surface area contributed by atoms with Gasteiger partial charge in [0.2, 0.25) is 17.7 Å². The van der Waals surface area contributed by atoms with Gasteiger partial charge in [-0.15, -0.1) is 0 Å². The average molecular weight is 476 g/mol. The number of likely N-dealkylation sites (tertiary alicyclic amines) is 1. The molecule has 5 atom stereocenters. The van der Waals surface area contributed by atoms with Gasteiger partial charge in [0.05, 0.1) is 6.10 Å². The maximum Gasteiger partial charge on any atom is 0.327 e. The van der Waals surface area contributed by atoms with Crippen LogP contribution in [0.4, 0.5) is 0 Å². The number of aliphatic hydroxyl groups excluding tert-OH is 1. The Bertz CT molecular complexity index is 716. The van der Waals surface area contributed by atoms with E-state index in [1.807, 2.05) is 0 Å². The summed E-state index contributed by atoms with van der Waals surface area (Å²) in [5.74, 6) is -3.37. The molecule has 0 aromatic carbocycles. The van der Waals surface area contributed by atoms with Crippen LogP contribution in [-0.2, 0) is 19.2 Å². The Morgan fingerprint density at radius 1 is 1.22 bits per heavy atom. The third-order valence-electron chi connectivity index (χ3n) is 5.02. The Balaban J connectivity index is 2.92. The molecule has 0 bridgehead atoms. The number of nitrogens with zero attached hydrogens (tertiary/aromatic N) is 2. The van der Waals surface area contributed by atoms with Gasteiger partial charge in [-0.1, -0.05) is 0 Å². The summed E-state index contributed by atoms with van der Waals surface area (Å²) < 4.78 is 0. The van der Waals surface area contributed by atoms with Crippen molar-refractivity contribution in [2.24, 2.45) is 22.2 Å². The fraction of sp³-hybridized carbons (Fsp3) is 0.722. The molecule has 1 fully saturated rings. The van der Waals surface area contributed by atoms with E-state index in [0.717, 1.165) is 0 Å². The van der Waals surface area contributed by atoms with E-state index in [0.29, 0.717) is 25.8 Å². The number of carbonyl (C=O) groups is 4. The van der Waals surface area contributed by atoms with Gasteiger partial charge in [-0.3, -0.25) is 19.4 Å². The van der Waals surface area contributed by atoms with Crippen molar-refractivity contribution in [3.8, 4) is 0 Å². The van der Waals surface area contributed by atoms with Crippen LogP contribution in [0.15, 0.2) is 4.99 Å². The highest BCUT2D eigenvalue weighted by Gasteiger charge is 2.38. The summed E-state index contributed by atoms with van der Waals surface area (Å²) >= 11 is 3.91. The topological polar surface area (TPSA) is 226 Å². The van der Waals surface area contributed by atoms with Crippen LogP contribution in [0.1, 0.15) is 32.6 Å². The summed E-state index contributed by atoms with van der Waals surface area (Å²) in [6.45, 7) is 1.87. The second-order valence-corrected chi connectivity index (χ2v) is 7.91. The van der Waals surface area contributed by atoms with E-state index in [1.165, 1.54) is 11.8 Å². The van der Waals surface area contributed by atoms with E-state index in [2.05, 4.69) is 28.3 Å². The van der Waals surface area contributed by atoms with Crippen LogP contribution < -0.4 is 27.8 Å². The number of nitrogens with two attached hydrogens (primary N) is 3. The van der Waals surface area contributed by atoms with Gasteiger partial charge in [-0.25, -0.2) is 4.79 Å². The Hall–Kier alpha value is -2.58. The zero-order valence-corrected chi connectivity index (χ0v) is 18.8. The molecule has 1 aliphatic heterocycles. The first kappa shape index (κ1) is 27.5. The number of rotatable bonds is 12. The molecule has 0 saturated carbocycles. The zero-order valence-electron chi connectivity index (χ0n) is 17.9. The normalized spacial score (nSPS) is 19.4. The molecule has 10 N–H and O–H groups in total. The van der Waals surface area contributed by atoms with Crippen molar-refractivity contribution in [2.75, 3.05) is 18.8 Å². The molecule has 0 aromatic heterocycles. The van der Waals surface area contributed by atoms with E-state index in [1.54, 1.807) is 0 Å². The van der Waals surface area contributed by atoms with E-state index < -0.39 is 54.0 Å². The third kappa shape index (κ3) is 8.16. The molecule has 1 aliphatic rings. The first-order valence-corrected chi connectivity index (χ1v) is 10.9. The number of aliphatic hydroxyl groups is 1. The Kier molecular flexibility index (Phi) is 11.2. The summed E-state index contributed by atoms with van der Waals surface area (Å²) in [7, 11) is 0. The van der Waals surface area contributed by atoms with Gasteiger partial charge in [-0.2, -0.15) is 12.6 Å². The number of carbonyl (C=O) groups excluding carboxylic acids is 3. The summed E-state index contributed by atoms with van der Waals surface area (Å²) in [5, 5.41) is 23.7. The molecule has 0 aliphatic carbocycles. The number of aliphatic imine (C=N–C) groups is 1. The van der Waals surface area contributed by atoms with Crippen molar-refractivity contribution in [2.45, 2.75) is 62.9 Å². The highest BCUT2D eigenvalue weighted by molar-refractivity contribution is 7.80. The van der Waals surface area contributed by atoms with Gasteiger partial charge in [-0.05, 0) is 32.6 Å². The smallest absolute Gasteiger partial charge is 0.327 e. The molecular formula is C18H33N7O6S. The molecule has 1 saturated heterocycles. The molecule has 3 amide bonds. The van der Waals surface area contributed by atoms with Gasteiger partial charge in [0.25, 0.3) is 0 Å². The minimum Gasteiger partial charge on any atom is -0.480 e. The van der Waals surface area contributed by atoms with Gasteiger partial charge >= 0.3 is 5.97 Å². The maximum absolute atomic E-state index is 12.9. The van der Waals surface area contributed by atoms with Crippen LogP contribution in [0.25, 0.3) is 0 Å². The number of guanidine groups is 1. The molecule has 182 valence electrons. The van der Waals surface area contributed by atoms with Gasteiger partial charge < -0.3 is 42.9 Å². The molecule has 1 heterocycles. The fourth-order valence-corrected chi connectivity index (χ4v) is 3.45. The first-order valence-electron chi connectivity index (χ1n) is 10.2. The van der Waals surface area contributed by atoms with E-state index in [9.17, 15) is 24.3 Å². The third-order valence-corrected chi connectivity index (χ3v) is 5.38. The lowest BCUT2D eigenvalue weighted by molar-refractivity contribution is -0.143. The summed E-state index contributed by atoms with van der Waals surface area (Å²) in [6, 6.07) is -4.35. The molecule has 14 heteroatoms. The number of hydrogen-bond acceptors (Lipinski definition) is 8. The Morgan fingerprint density at radius 2 is 1.88 bits per heavy atom. The lowest BCUT2D eigenvalue weighted by atomic mass is 10.1. The van der Waals surface area contributed by atoms with Crippen LogP contribution >= 0.6 is 12.6 Å². The minimum absolute atomic E-state index is 0.120. The molecule has 0 aromatic rings. The standard InChI is InChI=1S/C18H33N7O6S/c1-9(26)13(19)16(29)25-7-3-5-12(25)15(28)23-10(4-2-6-22-18(20)21)14(27)24-11(8-32)17(30)31/h9-13,26,32H,2-8,19H2,1H3,(H,23,28)(H,24,27)(H,30,31)(H4,20,21,22). The molecular weight excluding hydrogens is 442 g/mol. The predicted octanol–water partition coefficient (Wildman–Crippen LogP) is -3.28. The number of carboxylic acid groups (broad SMARTS) is 1. The largest absolute Gasteiger partial charge is 0.480 e. The second-order valence-electron chi connectivity index (χ2n) is 7.55. The van der Waals surface area contributed by atoms with Crippen molar-refractivity contribution in [3.05, 3.63) is 0 Å². The lowest BCUT2D eigenvalue weighted by Crippen LogP contribution is -2.57. The Labute approximate surface area is 191 Å². The number of amides is 3. The summed E-state index contributed by atoms with van der Waals surface area (Å²) in [4.78, 5) is 54.4. The van der Waals surface area contributed by atoms with Crippen LogP contribution in [0, 0.1) is 0 Å². The van der Waals surface area contributed by atoms with Crippen molar-refractivity contribution in [1.82, 2.24) is 15.5 Å². The molecule has 0 radical (unpaired) electrons. The summed E-state index contributed by atoms with van der Waals surface area (Å²) in [5.41, 5.74) is 16.3. The van der Waals surface area contributed by atoms with E-state index >= 15 is 0 Å². The predicted molar refractivity (Wildman–Crippen MR) is 120 cm³/mol. The van der Waals surface area contributed by atoms with Crippen LogP contribution in [0.3, 0.4) is 0 Å². The Morgan fingerprint density at radius 3 is 2.41 bits per heavy atom. The fourth-order valence-electron chi connectivity index (χ4n) is 3.20. The van der Waals surface area contributed by atoms with Gasteiger partial charge in [0.1, 0.15) is 24.2 Å². The molecule has 13 nitrogen and oxygen atoms in total. The molecule has 32 heavy (non-hydrogen) atoms. The van der Waals surface area contributed by atoms with Crippen LogP contribution in [-0.4, -0.2) is 93.9 Å². The number of carboxylic acids is 1. The van der Waals surface area contributed by atoms with E-state index in [-0.39, 0.29) is 24.7 Å². The lowest BCUT2D eigenvalue weighted by Gasteiger charge is -2.29. The van der Waals surface area contributed by atoms with Crippen molar-refractivity contribution in [3.63, 3.8) is 0 Å². The summed E-state index contributed by atoms with van der Waals surface area (Å²) in [6.07, 6.45) is 0.283. The second kappa shape index (κ2) is 13.1. The van der Waals surface area contributed by atoms with Crippen molar-refractivity contribution < 1.29 is 29.4 Å². The first-order chi connectivity index (χ1) is 15.0. The minimum atomic E-state index is -1.27. The molecule has 1 rings (SSSR count). The number of thiol groups is 1. The molecule has 0 spiro atoms. The van der Waals surface area contributed by atoms with Crippen LogP contribution in [0.2, 0.25) is 0 Å². The van der Waals surface area contributed by atoms with Crippen molar-refractivity contribution in [1.29, 1.82) is 0 Å². The monoisotopic (exact) mass is 475 g/mol. The highest BCUT2D eigenvalue weighted by atomic mass is 32.1. The number of aliphatic carboxylic acids is 1. The molecule has 5 unspecified atom stereocenters. The maximum atomic E-state index is 12.9. The zero-order chi connectivity index (χ0) is 24.4. The average Bonchev–Trinajstić information content (AvgIpc) is 3.22. The van der Waals surface area contributed by atoms with Gasteiger partial charge in [0.15, 0.2) is 5.96 Å². The van der Waals surface area contributed by atoms with E-state index in [4.69, 9.17) is 22.3 Å². The SMILES string of the molecule is CC(O)C(N)C(=O)N1CCCC1C(=O)NC(CCCN=C(N)N)C(=O)NC(CS)C(=O)O. The van der Waals surface area contributed by atoms with Crippen molar-refractivity contribution >= 4 is 42.3 Å². The quantitative estimate of drug-likeness (QED) is 0.0612. The number of nitrogens with one attached hydrogen (secondary N) is 2. The van der Waals surface area contributed by atoms with Gasteiger partial charge in [0, 0.05) is 18.8 Å². The number of hydrogen-bond donors (Lipinski definition) is 8.